The lowest BCUT2D eigenvalue weighted by molar-refractivity contribution is -0.192. The van der Waals surface area contributed by atoms with E-state index in [-0.39, 0.29) is 5.79 Å². The first-order valence-corrected chi connectivity index (χ1v) is 7.52. The second kappa shape index (κ2) is 4.17. The first-order chi connectivity index (χ1) is 8.79. The van der Waals surface area contributed by atoms with Crippen LogP contribution in [0.25, 0.3) is 0 Å². The van der Waals surface area contributed by atoms with Crippen LogP contribution in [0.3, 0.4) is 0 Å². The van der Waals surface area contributed by atoms with E-state index in [2.05, 4.69) is 10.2 Å². The highest BCUT2D eigenvalue weighted by Gasteiger charge is 2.50. The fourth-order valence-corrected chi connectivity index (χ4v) is 4.36. The molecule has 0 amide bonds. The Labute approximate surface area is 109 Å². The molecule has 0 aromatic heterocycles. The maximum absolute atomic E-state index is 5.80. The zero-order chi connectivity index (χ0) is 12.1. The van der Waals surface area contributed by atoms with E-state index in [1.54, 1.807) is 0 Å². The molecule has 0 aromatic carbocycles. The molecule has 0 radical (unpaired) electrons. The Hall–Kier alpha value is -0.160. The molecule has 4 heteroatoms. The molecule has 1 aliphatic carbocycles. The molecule has 18 heavy (non-hydrogen) atoms. The number of hydrogen-bond acceptors (Lipinski definition) is 4. The van der Waals surface area contributed by atoms with E-state index < -0.39 is 0 Å². The van der Waals surface area contributed by atoms with Crippen LogP contribution in [0.15, 0.2) is 0 Å². The zero-order valence-electron chi connectivity index (χ0n) is 11.1. The maximum atomic E-state index is 5.80. The predicted molar refractivity (Wildman–Crippen MR) is 68.4 cm³/mol. The van der Waals surface area contributed by atoms with Gasteiger partial charge in [0.25, 0.3) is 0 Å². The smallest absolute Gasteiger partial charge is 0.170 e. The third-order valence-corrected chi connectivity index (χ3v) is 5.56. The summed E-state index contributed by atoms with van der Waals surface area (Å²) in [6.45, 7) is 6.39. The molecule has 0 aromatic rings. The average Bonchev–Trinajstić information content (AvgIpc) is 2.98. The van der Waals surface area contributed by atoms with Crippen molar-refractivity contribution in [3.8, 4) is 0 Å². The summed E-state index contributed by atoms with van der Waals surface area (Å²) in [5.41, 5.74) is 0.667. The highest BCUT2D eigenvalue weighted by atomic mass is 16.7. The van der Waals surface area contributed by atoms with Gasteiger partial charge in [-0.15, -0.1) is 0 Å². The Morgan fingerprint density at radius 1 is 1.00 bits per heavy atom. The van der Waals surface area contributed by atoms with Crippen molar-refractivity contribution < 1.29 is 9.47 Å². The van der Waals surface area contributed by atoms with Gasteiger partial charge in [0.1, 0.15) is 0 Å². The number of rotatable bonds is 1. The molecular formula is C14H24N2O2. The summed E-state index contributed by atoms with van der Waals surface area (Å²) in [6.07, 6.45) is 6.35. The maximum Gasteiger partial charge on any atom is 0.170 e. The van der Waals surface area contributed by atoms with Gasteiger partial charge in [0.05, 0.1) is 13.2 Å². The molecule has 4 rings (SSSR count). The number of hydrogen-bond donors (Lipinski definition) is 1. The number of ether oxygens (including phenoxy) is 2. The first-order valence-electron chi connectivity index (χ1n) is 7.52. The molecule has 4 nitrogen and oxygen atoms in total. The van der Waals surface area contributed by atoms with Gasteiger partial charge >= 0.3 is 0 Å². The fourth-order valence-electron chi connectivity index (χ4n) is 4.36. The normalized spacial score (nSPS) is 43.7. The van der Waals surface area contributed by atoms with E-state index in [9.17, 15) is 0 Å². The lowest BCUT2D eigenvalue weighted by Gasteiger charge is -2.52. The molecule has 3 aliphatic heterocycles. The summed E-state index contributed by atoms with van der Waals surface area (Å²) < 4.78 is 11.6. The second-order valence-electron chi connectivity index (χ2n) is 6.63. The summed E-state index contributed by atoms with van der Waals surface area (Å²) in [6, 6.07) is 0.837. The van der Waals surface area contributed by atoms with Crippen LogP contribution >= 0.6 is 0 Å². The van der Waals surface area contributed by atoms with Gasteiger partial charge in [-0.1, -0.05) is 0 Å². The van der Waals surface area contributed by atoms with E-state index in [1.807, 2.05) is 0 Å². The van der Waals surface area contributed by atoms with Crippen molar-refractivity contribution in [2.45, 2.75) is 43.9 Å². The van der Waals surface area contributed by atoms with E-state index in [1.165, 1.54) is 32.4 Å². The third-order valence-electron chi connectivity index (χ3n) is 5.56. The Bertz CT molecular complexity index is 304. The minimum Gasteiger partial charge on any atom is -0.347 e. The first kappa shape index (κ1) is 11.6. The van der Waals surface area contributed by atoms with Crippen LogP contribution in [0, 0.1) is 5.41 Å². The van der Waals surface area contributed by atoms with Crippen LogP contribution in [0.2, 0.25) is 0 Å². The van der Waals surface area contributed by atoms with Crippen molar-refractivity contribution in [2.24, 2.45) is 5.41 Å². The highest BCUT2D eigenvalue weighted by molar-refractivity contribution is 5.03. The summed E-state index contributed by atoms with van der Waals surface area (Å²) in [5, 5.41) is 3.52. The molecule has 0 unspecified atom stereocenters. The highest BCUT2D eigenvalue weighted by Crippen LogP contribution is 2.48. The predicted octanol–water partition coefficient (Wildman–Crippen LogP) is 0.967. The number of nitrogens with one attached hydrogen (secondary N) is 1. The lowest BCUT2D eigenvalue weighted by atomic mass is 9.64. The number of nitrogens with zero attached hydrogens (tertiary/aromatic N) is 1. The molecule has 4 aliphatic rings. The Kier molecular flexibility index (Phi) is 2.70. The molecule has 102 valence electrons. The van der Waals surface area contributed by atoms with Crippen LogP contribution in [0.4, 0.5) is 0 Å². The largest absolute Gasteiger partial charge is 0.347 e. The minimum atomic E-state index is -0.202. The molecule has 0 bridgehead atoms. The number of likely N-dealkylation sites (tertiary alicyclic amines) is 1. The van der Waals surface area contributed by atoms with Crippen LogP contribution in [0.5, 0.6) is 0 Å². The molecule has 3 saturated heterocycles. The SMILES string of the molecule is C1CC2(CN1)CC(N1CCC3(CC1)OCCO3)C2. The molecule has 1 N–H and O–H groups in total. The van der Waals surface area contributed by atoms with Crippen LogP contribution in [-0.4, -0.2) is 56.1 Å². The number of piperidine rings is 1. The third kappa shape index (κ3) is 1.82. The Morgan fingerprint density at radius 2 is 1.72 bits per heavy atom. The van der Waals surface area contributed by atoms with Gasteiger partial charge in [0.2, 0.25) is 0 Å². The van der Waals surface area contributed by atoms with Crippen molar-refractivity contribution in [1.82, 2.24) is 10.2 Å². The topological polar surface area (TPSA) is 33.7 Å². The lowest BCUT2D eigenvalue weighted by Crippen LogP contribution is -2.56. The summed E-state index contributed by atoms with van der Waals surface area (Å²) >= 11 is 0. The monoisotopic (exact) mass is 252 g/mol. The second-order valence-corrected chi connectivity index (χ2v) is 6.63. The van der Waals surface area contributed by atoms with Gasteiger partial charge in [-0.05, 0) is 31.2 Å². The van der Waals surface area contributed by atoms with E-state index in [0.29, 0.717) is 5.41 Å². The van der Waals surface area contributed by atoms with Gasteiger partial charge in [0.15, 0.2) is 5.79 Å². The van der Waals surface area contributed by atoms with Crippen molar-refractivity contribution in [3.63, 3.8) is 0 Å². The van der Waals surface area contributed by atoms with Crippen molar-refractivity contribution in [3.05, 3.63) is 0 Å². The molecule has 4 fully saturated rings. The molecule has 1 saturated carbocycles. The van der Waals surface area contributed by atoms with Crippen LogP contribution in [-0.2, 0) is 9.47 Å². The van der Waals surface area contributed by atoms with Crippen LogP contribution in [0.1, 0.15) is 32.1 Å². The van der Waals surface area contributed by atoms with Gasteiger partial charge in [-0.3, -0.25) is 4.90 Å². The minimum absolute atomic E-state index is 0.202. The van der Waals surface area contributed by atoms with Gasteiger partial charge < -0.3 is 14.8 Å². The Balaban J connectivity index is 1.30. The van der Waals surface area contributed by atoms with Crippen molar-refractivity contribution in [1.29, 1.82) is 0 Å². The van der Waals surface area contributed by atoms with Gasteiger partial charge in [0, 0.05) is 38.5 Å². The van der Waals surface area contributed by atoms with E-state index >= 15 is 0 Å². The Morgan fingerprint density at radius 3 is 2.33 bits per heavy atom. The standard InChI is InChI=1S/C14H24N2O2/c1-4-15-11-13(1)9-12(10-13)16-5-2-14(3-6-16)17-7-8-18-14/h12,15H,1-11H2. The van der Waals surface area contributed by atoms with Crippen LogP contribution < -0.4 is 5.32 Å². The van der Waals surface area contributed by atoms with E-state index in [0.717, 1.165) is 45.2 Å². The summed E-state index contributed by atoms with van der Waals surface area (Å²) in [4.78, 5) is 2.68. The summed E-state index contributed by atoms with van der Waals surface area (Å²) in [5.74, 6) is -0.202. The molecule has 3 heterocycles. The van der Waals surface area contributed by atoms with Gasteiger partial charge in [-0.2, -0.15) is 0 Å². The quantitative estimate of drug-likeness (QED) is 0.754. The van der Waals surface area contributed by atoms with Crippen molar-refractivity contribution in [2.75, 3.05) is 39.4 Å². The molecule has 0 atom stereocenters. The summed E-state index contributed by atoms with van der Waals surface area (Å²) in [7, 11) is 0. The molecule has 2 spiro atoms. The molecular weight excluding hydrogens is 228 g/mol. The van der Waals surface area contributed by atoms with Gasteiger partial charge in [-0.25, -0.2) is 0 Å². The zero-order valence-corrected chi connectivity index (χ0v) is 11.1. The average molecular weight is 252 g/mol. The van der Waals surface area contributed by atoms with E-state index in [4.69, 9.17) is 9.47 Å². The fraction of sp³-hybridized carbons (Fsp3) is 1.00. The van der Waals surface area contributed by atoms with Crippen molar-refractivity contribution >= 4 is 0 Å².